The van der Waals surface area contributed by atoms with E-state index in [0.29, 0.717) is 25.3 Å². The van der Waals surface area contributed by atoms with E-state index in [9.17, 15) is 18.0 Å². The molecule has 5 fully saturated rings. The number of hydrogen-bond donors (Lipinski definition) is 1. The van der Waals surface area contributed by atoms with E-state index < -0.39 is 21.3 Å². The van der Waals surface area contributed by atoms with Crippen LogP contribution < -0.4 is 0 Å². The second kappa shape index (κ2) is 11.6. The van der Waals surface area contributed by atoms with Gasteiger partial charge in [0.05, 0.1) is 17.2 Å². The first-order chi connectivity index (χ1) is 20.5. The molecule has 0 spiro atoms. The van der Waals surface area contributed by atoms with Crippen LogP contribution in [0.3, 0.4) is 0 Å². The third-order valence-corrected chi connectivity index (χ3v) is 12.1. The Kier molecular flexibility index (Phi) is 8.20. The minimum absolute atomic E-state index is 0.0256. The Morgan fingerprint density at radius 2 is 1.70 bits per heavy atom. The van der Waals surface area contributed by atoms with Crippen molar-refractivity contribution in [2.45, 2.75) is 70.9 Å². The monoisotopic (exact) mass is 608 g/mol. The number of fused-ring (bicyclic) bond motifs is 6. The summed E-state index contributed by atoms with van der Waals surface area (Å²) in [5.41, 5.74) is 2.55. The molecule has 1 N–H and O–H groups in total. The molecular weight excluding hydrogens is 564 g/mol. The number of rotatable bonds is 4. The number of amides is 1. The third kappa shape index (κ3) is 5.76. The molecule has 2 aromatic rings. The van der Waals surface area contributed by atoms with Gasteiger partial charge in [-0.2, -0.15) is 8.42 Å². The van der Waals surface area contributed by atoms with Crippen LogP contribution in [-0.4, -0.2) is 72.7 Å². The molecule has 2 aromatic carbocycles. The lowest BCUT2D eigenvalue weighted by molar-refractivity contribution is -0.129. The van der Waals surface area contributed by atoms with Crippen LogP contribution in [0.2, 0.25) is 0 Å². The van der Waals surface area contributed by atoms with Gasteiger partial charge in [-0.3, -0.25) is 19.1 Å². The van der Waals surface area contributed by atoms with Crippen LogP contribution >= 0.6 is 0 Å². The van der Waals surface area contributed by atoms with Crippen molar-refractivity contribution in [2.75, 3.05) is 31.9 Å². The fourth-order valence-corrected chi connectivity index (χ4v) is 9.95. The first kappa shape index (κ1) is 30.3. The minimum atomic E-state index is -4.09. The molecule has 4 heterocycles. The summed E-state index contributed by atoms with van der Waals surface area (Å²) in [6, 6.07) is 18.8. The topological polar surface area (TPSA) is 104 Å². The van der Waals surface area contributed by atoms with Crippen LogP contribution in [0.25, 0.3) is 0 Å². The van der Waals surface area contributed by atoms with Gasteiger partial charge in [0, 0.05) is 19.5 Å². The van der Waals surface area contributed by atoms with Crippen molar-refractivity contribution in [2.24, 2.45) is 22.7 Å². The SMILES string of the molecule is CC1(C)[C@H]2CCC[C@]1(CS(=O)(=O)O)C(=O)C2.O=C(O[C@H]1CN2CCC1CC2)N1CCc2ccccc2[C@H]1c1ccccc1. The Morgan fingerprint density at radius 3 is 2.37 bits per heavy atom. The highest BCUT2D eigenvalue weighted by Crippen LogP contribution is 2.61. The molecule has 0 unspecified atom stereocenters. The maximum atomic E-state index is 13.2. The van der Waals surface area contributed by atoms with E-state index in [1.807, 2.05) is 36.9 Å². The van der Waals surface area contributed by atoms with Gasteiger partial charge in [-0.1, -0.05) is 74.9 Å². The molecule has 8 rings (SSSR count). The summed E-state index contributed by atoms with van der Waals surface area (Å²) < 4.78 is 37.4. The summed E-state index contributed by atoms with van der Waals surface area (Å²) in [5, 5.41) is 0. The number of nitrogens with zero attached hydrogens (tertiary/aromatic N) is 2. The molecule has 4 bridgehead atoms. The van der Waals surface area contributed by atoms with E-state index in [1.54, 1.807) is 0 Å². The Labute approximate surface area is 255 Å². The highest BCUT2D eigenvalue weighted by atomic mass is 32.2. The standard InChI is InChI=1S/C23H26N2O2.C11H18O4S/c26-23(27-21-16-24-13-10-18(21)11-14-24)25-15-12-17-6-4-5-9-20(17)22(25)19-7-2-1-3-8-19;1-10(2)8-4-3-5-11(10,9(12)6-8)7-16(13,14)15/h1-9,18,21-22H,10-16H2;8H,3-7H2,1-2H3,(H,13,14,15)/t21-,22+;8-,11-/m00/s1. The van der Waals surface area contributed by atoms with E-state index in [2.05, 4.69) is 41.3 Å². The van der Waals surface area contributed by atoms with Gasteiger partial charge >= 0.3 is 6.09 Å². The summed E-state index contributed by atoms with van der Waals surface area (Å²) in [5.74, 6) is 0.432. The molecule has 43 heavy (non-hydrogen) atoms. The molecule has 3 saturated heterocycles. The van der Waals surface area contributed by atoms with E-state index in [4.69, 9.17) is 9.29 Å². The Hall–Kier alpha value is -2.75. The fourth-order valence-electron chi connectivity index (χ4n) is 8.65. The van der Waals surface area contributed by atoms with Gasteiger partial charge in [0.25, 0.3) is 10.1 Å². The highest BCUT2D eigenvalue weighted by Gasteiger charge is 2.62. The van der Waals surface area contributed by atoms with Gasteiger partial charge < -0.3 is 4.74 Å². The number of ketones is 1. The average Bonchev–Trinajstić information content (AvgIpc) is 3.08. The van der Waals surface area contributed by atoms with Gasteiger partial charge in [0.15, 0.2) is 0 Å². The second-order valence-electron chi connectivity index (χ2n) is 13.8. The molecule has 0 aromatic heterocycles. The molecule has 4 atom stereocenters. The van der Waals surface area contributed by atoms with Crippen LogP contribution in [0.1, 0.15) is 75.1 Å². The number of piperidine rings is 3. The highest BCUT2D eigenvalue weighted by molar-refractivity contribution is 7.85. The first-order valence-electron chi connectivity index (χ1n) is 15.8. The number of ether oxygens (including phenoxy) is 1. The molecule has 2 saturated carbocycles. The van der Waals surface area contributed by atoms with Crippen molar-refractivity contribution in [3.05, 3.63) is 71.3 Å². The Morgan fingerprint density at radius 1 is 1.00 bits per heavy atom. The lowest BCUT2D eigenvalue weighted by atomic mass is 9.59. The van der Waals surface area contributed by atoms with Crippen molar-refractivity contribution in [1.29, 1.82) is 0 Å². The lowest BCUT2D eigenvalue weighted by Crippen LogP contribution is -2.53. The van der Waals surface area contributed by atoms with Gasteiger partial charge in [-0.15, -0.1) is 0 Å². The Bertz CT molecular complexity index is 1450. The van der Waals surface area contributed by atoms with Crippen molar-refractivity contribution in [1.82, 2.24) is 9.80 Å². The fraction of sp³-hybridized carbons (Fsp3) is 0.588. The predicted octanol–water partition coefficient (Wildman–Crippen LogP) is 5.52. The van der Waals surface area contributed by atoms with Crippen LogP contribution in [0, 0.1) is 22.7 Å². The molecule has 8 nitrogen and oxygen atoms in total. The van der Waals surface area contributed by atoms with E-state index in [1.165, 1.54) is 11.1 Å². The maximum absolute atomic E-state index is 13.2. The largest absolute Gasteiger partial charge is 0.444 e. The summed E-state index contributed by atoms with van der Waals surface area (Å²) in [6.45, 7) is 7.85. The molecule has 0 radical (unpaired) electrons. The smallest absolute Gasteiger partial charge is 0.410 e. The van der Waals surface area contributed by atoms with Crippen molar-refractivity contribution in [3.63, 3.8) is 0 Å². The van der Waals surface area contributed by atoms with Crippen LogP contribution in [0.15, 0.2) is 54.6 Å². The average molecular weight is 609 g/mol. The summed E-state index contributed by atoms with van der Waals surface area (Å²) in [7, 11) is -4.09. The van der Waals surface area contributed by atoms with Crippen molar-refractivity contribution in [3.8, 4) is 0 Å². The zero-order valence-corrected chi connectivity index (χ0v) is 26.1. The normalized spacial score (nSPS) is 32.4. The zero-order chi connectivity index (χ0) is 30.4. The molecule has 1 amide bonds. The molecular formula is C34H44N2O6S. The molecule has 6 aliphatic rings. The zero-order valence-electron chi connectivity index (χ0n) is 25.3. The quantitative estimate of drug-likeness (QED) is 0.456. The lowest BCUT2D eigenvalue weighted by Gasteiger charge is -2.45. The number of carbonyl (C=O) groups excluding carboxylic acids is 2. The Balaban J connectivity index is 0.000000176. The van der Waals surface area contributed by atoms with E-state index in [-0.39, 0.29) is 35.4 Å². The predicted molar refractivity (Wildman–Crippen MR) is 164 cm³/mol. The van der Waals surface area contributed by atoms with Crippen LogP contribution in [0.4, 0.5) is 4.79 Å². The number of Topliss-reactive ketones (excluding diaryl/α,β-unsaturated/α-hetero) is 1. The maximum Gasteiger partial charge on any atom is 0.410 e. The van der Waals surface area contributed by atoms with Crippen LogP contribution in [0.5, 0.6) is 0 Å². The number of carbonyl (C=O) groups is 2. The molecule has 9 heteroatoms. The number of hydrogen-bond acceptors (Lipinski definition) is 6. The van der Waals surface area contributed by atoms with Gasteiger partial charge in [0.1, 0.15) is 11.9 Å². The minimum Gasteiger partial charge on any atom is -0.444 e. The summed E-state index contributed by atoms with van der Waals surface area (Å²) >= 11 is 0. The second-order valence-corrected chi connectivity index (χ2v) is 15.2. The molecule has 232 valence electrons. The molecule has 4 aliphatic heterocycles. The number of benzene rings is 2. The van der Waals surface area contributed by atoms with Gasteiger partial charge in [-0.05, 0) is 79.1 Å². The summed E-state index contributed by atoms with van der Waals surface area (Å²) in [6.07, 6.45) is 6.03. The van der Waals surface area contributed by atoms with Gasteiger partial charge in [0.2, 0.25) is 0 Å². The van der Waals surface area contributed by atoms with Crippen molar-refractivity contribution < 1.29 is 27.3 Å². The summed E-state index contributed by atoms with van der Waals surface area (Å²) in [4.78, 5) is 29.7. The van der Waals surface area contributed by atoms with Crippen molar-refractivity contribution >= 4 is 22.0 Å². The van der Waals surface area contributed by atoms with E-state index in [0.717, 1.165) is 57.3 Å². The van der Waals surface area contributed by atoms with Crippen LogP contribution in [-0.2, 0) is 26.1 Å². The van der Waals surface area contributed by atoms with Gasteiger partial charge in [-0.25, -0.2) is 4.79 Å². The molecule has 2 aliphatic carbocycles. The van der Waals surface area contributed by atoms with E-state index >= 15 is 0 Å². The third-order valence-electron chi connectivity index (χ3n) is 11.3. The first-order valence-corrected chi connectivity index (χ1v) is 17.4.